The van der Waals surface area contributed by atoms with Crippen LogP contribution >= 0.6 is 11.6 Å². The molecule has 0 N–H and O–H groups in total. The fourth-order valence-corrected chi connectivity index (χ4v) is 5.30. The minimum atomic E-state index is -3.62. The van der Waals surface area contributed by atoms with Gasteiger partial charge in [-0.1, -0.05) is 35.9 Å². The zero-order valence-electron chi connectivity index (χ0n) is 16.4. The van der Waals surface area contributed by atoms with Gasteiger partial charge in [-0.25, -0.2) is 8.42 Å². The molecule has 3 aromatic rings. The van der Waals surface area contributed by atoms with Gasteiger partial charge in [0.2, 0.25) is 10.0 Å². The number of hydrogen-bond donors (Lipinski definition) is 0. The van der Waals surface area contributed by atoms with E-state index in [0.29, 0.717) is 26.2 Å². The molecule has 0 radical (unpaired) electrons. The summed E-state index contributed by atoms with van der Waals surface area (Å²) < 4.78 is 32.5. The van der Waals surface area contributed by atoms with Gasteiger partial charge in [0.05, 0.1) is 17.8 Å². The minimum Gasteiger partial charge on any atom is -0.497 e. The van der Waals surface area contributed by atoms with Crippen LogP contribution in [0.15, 0.2) is 65.6 Å². The Morgan fingerprint density at radius 1 is 0.933 bits per heavy atom. The van der Waals surface area contributed by atoms with Crippen molar-refractivity contribution >= 4 is 27.4 Å². The Labute approximate surface area is 180 Å². The number of anilines is 1. The maximum atomic E-state index is 12.9. The third kappa shape index (κ3) is 4.12. The quantitative estimate of drug-likeness (QED) is 0.601. The molecular weight excluding hydrogens is 424 g/mol. The predicted octanol–water partition coefficient (Wildman–Crippen LogP) is 3.32. The van der Waals surface area contributed by atoms with Crippen LogP contribution in [0.3, 0.4) is 0 Å². The number of piperazine rings is 1. The second-order valence-electron chi connectivity index (χ2n) is 6.83. The molecule has 0 aliphatic carbocycles. The Morgan fingerprint density at radius 3 is 2.37 bits per heavy atom. The summed E-state index contributed by atoms with van der Waals surface area (Å²) in [5, 5.41) is 8.90. The van der Waals surface area contributed by atoms with Crippen LogP contribution in [0.4, 0.5) is 5.82 Å². The van der Waals surface area contributed by atoms with Gasteiger partial charge in [-0.15, -0.1) is 10.2 Å². The Kier molecular flexibility index (Phi) is 5.90. The molecule has 0 bridgehead atoms. The average molecular weight is 445 g/mol. The van der Waals surface area contributed by atoms with Crippen LogP contribution in [0.2, 0.25) is 5.02 Å². The number of sulfonamides is 1. The summed E-state index contributed by atoms with van der Waals surface area (Å²) in [6.45, 7) is 1.76. The van der Waals surface area contributed by atoms with Crippen molar-refractivity contribution in [3.8, 4) is 17.0 Å². The number of methoxy groups -OCH3 is 1. The normalized spacial score (nSPS) is 15.2. The van der Waals surface area contributed by atoms with Crippen molar-refractivity contribution in [2.45, 2.75) is 4.90 Å². The lowest BCUT2D eigenvalue weighted by Gasteiger charge is -2.34. The second-order valence-corrected chi connectivity index (χ2v) is 9.14. The van der Waals surface area contributed by atoms with Gasteiger partial charge in [0.1, 0.15) is 10.6 Å². The topological polar surface area (TPSA) is 75.6 Å². The lowest BCUT2D eigenvalue weighted by atomic mass is 10.1. The number of halogens is 1. The molecule has 1 aromatic heterocycles. The highest BCUT2D eigenvalue weighted by Crippen LogP contribution is 2.26. The van der Waals surface area contributed by atoms with Crippen molar-refractivity contribution in [3.63, 3.8) is 0 Å². The number of ether oxygens (including phenoxy) is 1. The van der Waals surface area contributed by atoms with Crippen LogP contribution in [0.25, 0.3) is 11.3 Å². The van der Waals surface area contributed by atoms with E-state index in [1.54, 1.807) is 25.3 Å². The average Bonchev–Trinajstić information content (AvgIpc) is 2.79. The van der Waals surface area contributed by atoms with Crippen molar-refractivity contribution in [2.24, 2.45) is 0 Å². The van der Waals surface area contributed by atoms with Crippen molar-refractivity contribution in [1.29, 1.82) is 0 Å². The Balaban J connectivity index is 1.45. The standard InChI is InChI=1S/C21H21ClN4O3S/c1-29-17-6-4-5-16(15-17)19-9-10-21(24-23-19)25-11-13-26(14-12-25)30(27,28)20-8-3-2-7-18(20)22/h2-10,15H,11-14H2,1H3. The number of benzene rings is 2. The molecule has 0 unspecified atom stereocenters. The first-order valence-electron chi connectivity index (χ1n) is 9.47. The van der Waals surface area contributed by atoms with Crippen molar-refractivity contribution in [3.05, 3.63) is 65.7 Å². The summed E-state index contributed by atoms with van der Waals surface area (Å²) in [6, 6.07) is 18.0. The summed E-state index contributed by atoms with van der Waals surface area (Å²) in [5.74, 6) is 1.48. The molecule has 1 saturated heterocycles. The van der Waals surface area contributed by atoms with E-state index in [0.717, 1.165) is 22.8 Å². The zero-order valence-corrected chi connectivity index (χ0v) is 18.0. The van der Waals surface area contributed by atoms with Crippen LogP contribution in [-0.2, 0) is 10.0 Å². The first-order valence-corrected chi connectivity index (χ1v) is 11.3. The summed E-state index contributed by atoms with van der Waals surface area (Å²) in [6.07, 6.45) is 0. The molecule has 2 heterocycles. The molecule has 7 nitrogen and oxygen atoms in total. The largest absolute Gasteiger partial charge is 0.497 e. The maximum absolute atomic E-state index is 12.9. The summed E-state index contributed by atoms with van der Waals surface area (Å²) in [4.78, 5) is 2.17. The van der Waals surface area contributed by atoms with Gasteiger partial charge >= 0.3 is 0 Å². The van der Waals surface area contributed by atoms with E-state index >= 15 is 0 Å². The van der Waals surface area contributed by atoms with Crippen molar-refractivity contribution in [1.82, 2.24) is 14.5 Å². The van der Waals surface area contributed by atoms with Crippen LogP contribution in [-0.4, -0.2) is 56.2 Å². The molecule has 9 heteroatoms. The monoisotopic (exact) mass is 444 g/mol. The molecule has 30 heavy (non-hydrogen) atoms. The first kappa shape index (κ1) is 20.6. The van der Waals surface area contributed by atoms with Gasteiger partial charge in [-0.05, 0) is 36.4 Å². The highest BCUT2D eigenvalue weighted by molar-refractivity contribution is 7.89. The van der Waals surface area contributed by atoms with Gasteiger partial charge in [0.25, 0.3) is 0 Å². The number of rotatable bonds is 5. The number of hydrogen-bond acceptors (Lipinski definition) is 6. The molecule has 0 spiro atoms. The lowest BCUT2D eigenvalue weighted by molar-refractivity contribution is 0.383. The Hall–Kier alpha value is -2.68. The third-order valence-corrected chi connectivity index (χ3v) is 7.43. The summed E-state index contributed by atoms with van der Waals surface area (Å²) in [5.41, 5.74) is 1.67. The van der Waals surface area contributed by atoms with E-state index in [1.807, 2.05) is 41.3 Å². The molecule has 4 rings (SSSR count). The van der Waals surface area contributed by atoms with Crippen LogP contribution < -0.4 is 9.64 Å². The van der Waals surface area contributed by atoms with E-state index in [2.05, 4.69) is 10.2 Å². The Bertz CT molecular complexity index is 1130. The Morgan fingerprint density at radius 2 is 1.70 bits per heavy atom. The van der Waals surface area contributed by atoms with Gasteiger partial charge in [0, 0.05) is 31.7 Å². The molecule has 156 valence electrons. The van der Waals surface area contributed by atoms with E-state index in [-0.39, 0.29) is 9.92 Å². The fourth-order valence-electron chi connectivity index (χ4n) is 3.38. The van der Waals surface area contributed by atoms with Crippen molar-refractivity contribution in [2.75, 3.05) is 38.2 Å². The smallest absolute Gasteiger partial charge is 0.244 e. The van der Waals surface area contributed by atoms with E-state index < -0.39 is 10.0 Å². The molecule has 1 aliphatic heterocycles. The van der Waals surface area contributed by atoms with Crippen molar-refractivity contribution < 1.29 is 13.2 Å². The second kappa shape index (κ2) is 8.59. The van der Waals surface area contributed by atoms with E-state index in [1.165, 1.54) is 10.4 Å². The van der Waals surface area contributed by atoms with E-state index in [4.69, 9.17) is 16.3 Å². The zero-order chi connectivity index (χ0) is 21.1. The molecule has 0 amide bonds. The summed E-state index contributed by atoms with van der Waals surface area (Å²) in [7, 11) is -2.00. The van der Waals surface area contributed by atoms with Gasteiger partial charge in [-0.3, -0.25) is 0 Å². The number of nitrogens with zero attached hydrogens (tertiary/aromatic N) is 4. The van der Waals surface area contributed by atoms with Gasteiger partial charge in [0.15, 0.2) is 5.82 Å². The molecule has 0 atom stereocenters. The highest BCUT2D eigenvalue weighted by atomic mass is 35.5. The van der Waals surface area contributed by atoms with Crippen LogP contribution in [0.1, 0.15) is 0 Å². The summed E-state index contributed by atoms with van der Waals surface area (Å²) >= 11 is 6.09. The lowest BCUT2D eigenvalue weighted by Crippen LogP contribution is -2.49. The SMILES string of the molecule is COc1cccc(-c2ccc(N3CCN(S(=O)(=O)c4ccccc4Cl)CC3)nn2)c1. The number of aromatic nitrogens is 2. The first-order chi connectivity index (χ1) is 14.5. The molecule has 1 aliphatic rings. The van der Waals surface area contributed by atoms with Crippen LogP contribution in [0, 0.1) is 0 Å². The van der Waals surface area contributed by atoms with Gasteiger partial charge < -0.3 is 9.64 Å². The molecule has 0 saturated carbocycles. The highest BCUT2D eigenvalue weighted by Gasteiger charge is 2.30. The fraction of sp³-hybridized carbons (Fsp3) is 0.238. The molecule has 1 fully saturated rings. The molecular formula is C21H21ClN4O3S. The minimum absolute atomic E-state index is 0.141. The third-order valence-electron chi connectivity index (χ3n) is 5.03. The maximum Gasteiger partial charge on any atom is 0.244 e. The van der Waals surface area contributed by atoms with Gasteiger partial charge in [-0.2, -0.15) is 4.31 Å². The van der Waals surface area contributed by atoms with Crippen LogP contribution in [0.5, 0.6) is 5.75 Å². The van der Waals surface area contributed by atoms with E-state index in [9.17, 15) is 8.42 Å². The predicted molar refractivity (Wildman–Crippen MR) is 116 cm³/mol. The molecule has 2 aromatic carbocycles.